The molecule has 1 saturated heterocycles. The van der Waals surface area contributed by atoms with E-state index in [9.17, 15) is 9.59 Å². The highest BCUT2D eigenvalue weighted by molar-refractivity contribution is 5.99. The van der Waals surface area contributed by atoms with Crippen molar-refractivity contribution in [2.75, 3.05) is 11.4 Å². The van der Waals surface area contributed by atoms with Gasteiger partial charge in [-0.2, -0.15) is 0 Å². The zero-order valence-electron chi connectivity index (χ0n) is 14.1. The molecule has 1 fully saturated rings. The van der Waals surface area contributed by atoms with E-state index in [1.807, 2.05) is 50.2 Å². The molecule has 0 radical (unpaired) electrons. The standard InChI is InChI=1S/C20H22N2O2/c1-14-8-10-16(11-9-14)15(2)21-20(24)17-5-3-6-18(13-17)22-12-4-7-19(22)23/h3,5-6,8-11,13,15H,4,7,12H2,1-2H3,(H,21,24)/t15-/m1/s1. The summed E-state index contributed by atoms with van der Waals surface area (Å²) in [6, 6.07) is 15.3. The Kier molecular flexibility index (Phi) is 4.65. The Morgan fingerprint density at radius 1 is 1.17 bits per heavy atom. The lowest BCUT2D eigenvalue weighted by atomic mass is 10.1. The number of rotatable bonds is 4. The van der Waals surface area contributed by atoms with Gasteiger partial charge in [-0.25, -0.2) is 0 Å². The molecule has 24 heavy (non-hydrogen) atoms. The number of carbonyl (C=O) groups excluding carboxylic acids is 2. The number of anilines is 1. The third-order valence-corrected chi connectivity index (χ3v) is 4.42. The SMILES string of the molecule is Cc1ccc([C@@H](C)NC(=O)c2cccc(N3CCCC3=O)c2)cc1. The van der Waals surface area contributed by atoms with Crippen LogP contribution in [0.4, 0.5) is 5.69 Å². The molecule has 4 heteroatoms. The van der Waals surface area contributed by atoms with Crippen LogP contribution in [0, 0.1) is 6.92 Å². The topological polar surface area (TPSA) is 49.4 Å². The van der Waals surface area contributed by atoms with Crippen LogP contribution < -0.4 is 10.2 Å². The van der Waals surface area contributed by atoms with E-state index in [0.29, 0.717) is 12.0 Å². The van der Waals surface area contributed by atoms with Gasteiger partial charge in [0.05, 0.1) is 6.04 Å². The zero-order chi connectivity index (χ0) is 17.1. The third kappa shape index (κ3) is 3.48. The molecule has 0 aliphatic carbocycles. The van der Waals surface area contributed by atoms with Crippen LogP contribution in [-0.2, 0) is 4.79 Å². The van der Waals surface area contributed by atoms with E-state index in [1.54, 1.807) is 17.0 Å². The third-order valence-electron chi connectivity index (χ3n) is 4.42. The molecule has 0 unspecified atom stereocenters. The molecule has 4 nitrogen and oxygen atoms in total. The molecule has 1 heterocycles. The lowest BCUT2D eigenvalue weighted by molar-refractivity contribution is -0.117. The van der Waals surface area contributed by atoms with Crippen molar-refractivity contribution in [2.24, 2.45) is 0 Å². The van der Waals surface area contributed by atoms with E-state index >= 15 is 0 Å². The quantitative estimate of drug-likeness (QED) is 0.935. The summed E-state index contributed by atoms with van der Waals surface area (Å²) in [6.45, 7) is 4.73. The fraction of sp³-hybridized carbons (Fsp3) is 0.300. The first kappa shape index (κ1) is 16.2. The normalized spacial score (nSPS) is 15.4. The molecule has 0 saturated carbocycles. The summed E-state index contributed by atoms with van der Waals surface area (Å²) in [4.78, 5) is 26.2. The lowest BCUT2D eigenvalue weighted by Gasteiger charge is -2.18. The predicted molar refractivity (Wildman–Crippen MR) is 95.1 cm³/mol. The minimum Gasteiger partial charge on any atom is -0.346 e. The smallest absolute Gasteiger partial charge is 0.251 e. The van der Waals surface area contributed by atoms with Gasteiger partial charge in [-0.1, -0.05) is 35.9 Å². The predicted octanol–water partition coefficient (Wildman–Crippen LogP) is 3.61. The molecule has 1 N–H and O–H groups in total. The second-order valence-electron chi connectivity index (χ2n) is 6.31. The maximum absolute atomic E-state index is 12.5. The summed E-state index contributed by atoms with van der Waals surface area (Å²) in [5.41, 5.74) is 3.64. The van der Waals surface area contributed by atoms with Gasteiger partial charge in [0.25, 0.3) is 5.91 Å². The first-order valence-corrected chi connectivity index (χ1v) is 8.32. The summed E-state index contributed by atoms with van der Waals surface area (Å²) in [5.74, 6) is -0.00264. The van der Waals surface area contributed by atoms with Crippen LogP contribution in [0.25, 0.3) is 0 Å². The molecule has 2 aromatic rings. The summed E-state index contributed by atoms with van der Waals surface area (Å²) in [7, 11) is 0. The molecular weight excluding hydrogens is 300 g/mol. The number of carbonyl (C=O) groups is 2. The van der Waals surface area contributed by atoms with E-state index in [2.05, 4.69) is 5.32 Å². The van der Waals surface area contributed by atoms with Crippen LogP contribution in [0.15, 0.2) is 48.5 Å². The Morgan fingerprint density at radius 2 is 1.92 bits per heavy atom. The van der Waals surface area contributed by atoms with Crippen LogP contribution in [0.5, 0.6) is 0 Å². The first-order chi connectivity index (χ1) is 11.5. The minimum atomic E-state index is -0.128. The number of amides is 2. The van der Waals surface area contributed by atoms with Crippen molar-refractivity contribution in [2.45, 2.75) is 32.7 Å². The molecule has 1 aliphatic heterocycles. The average molecular weight is 322 g/mol. The van der Waals surface area contributed by atoms with Gasteiger partial charge in [-0.05, 0) is 44.0 Å². The van der Waals surface area contributed by atoms with Crippen LogP contribution >= 0.6 is 0 Å². The van der Waals surface area contributed by atoms with Crippen molar-refractivity contribution in [1.82, 2.24) is 5.32 Å². The second-order valence-corrected chi connectivity index (χ2v) is 6.31. The van der Waals surface area contributed by atoms with E-state index in [1.165, 1.54) is 5.56 Å². The Labute approximate surface area is 142 Å². The van der Waals surface area contributed by atoms with E-state index in [0.717, 1.165) is 24.2 Å². The molecule has 1 atom stereocenters. The molecule has 0 aromatic heterocycles. The second kappa shape index (κ2) is 6.87. The number of nitrogens with zero attached hydrogens (tertiary/aromatic N) is 1. The highest BCUT2D eigenvalue weighted by Gasteiger charge is 2.22. The number of hydrogen-bond donors (Lipinski definition) is 1. The molecule has 3 rings (SSSR count). The van der Waals surface area contributed by atoms with Gasteiger partial charge in [0.2, 0.25) is 5.91 Å². The van der Waals surface area contributed by atoms with Crippen LogP contribution in [0.3, 0.4) is 0 Å². The maximum atomic E-state index is 12.5. The van der Waals surface area contributed by atoms with Crippen molar-refractivity contribution in [1.29, 1.82) is 0 Å². The fourth-order valence-corrected chi connectivity index (χ4v) is 2.95. The average Bonchev–Trinajstić information content (AvgIpc) is 3.01. The Bertz CT molecular complexity index is 752. The molecule has 2 aromatic carbocycles. The number of hydrogen-bond acceptors (Lipinski definition) is 2. The monoisotopic (exact) mass is 322 g/mol. The van der Waals surface area contributed by atoms with Crippen molar-refractivity contribution in [3.63, 3.8) is 0 Å². The molecule has 1 aliphatic rings. The van der Waals surface area contributed by atoms with Gasteiger partial charge in [-0.3, -0.25) is 9.59 Å². The fourth-order valence-electron chi connectivity index (χ4n) is 2.95. The van der Waals surface area contributed by atoms with Gasteiger partial charge in [0.15, 0.2) is 0 Å². The van der Waals surface area contributed by atoms with Crippen LogP contribution in [0.2, 0.25) is 0 Å². The van der Waals surface area contributed by atoms with Gasteiger partial charge >= 0.3 is 0 Å². The van der Waals surface area contributed by atoms with E-state index in [4.69, 9.17) is 0 Å². The maximum Gasteiger partial charge on any atom is 0.251 e. The molecular formula is C20H22N2O2. The largest absolute Gasteiger partial charge is 0.346 e. The van der Waals surface area contributed by atoms with E-state index in [-0.39, 0.29) is 17.9 Å². The summed E-state index contributed by atoms with van der Waals surface area (Å²) in [5, 5.41) is 3.02. The van der Waals surface area contributed by atoms with Gasteiger partial charge in [0.1, 0.15) is 0 Å². The Morgan fingerprint density at radius 3 is 2.58 bits per heavy atom. The molecule has 0 spiro atoms. The van der Waals surface area contributed by atoms with E-state index < -0.39 is 0 Å². The molecule has 0 bridgehead atoms. The Balaban J connectivity index is 1.73. The first-order valence-electron chi connectivity index (χ1n) is 8.32. The van der Waals surface area contributed by atoms with Crippen LogP contribution in [0.1, 0.15) is 47.3 Å². The highest BCUT2D eigenvalue weighted by Crippen LogP contribution is 2.22. The van der Waals surface area contributed by atoms with Gasteiger partial charge < -0.3 is 10.2 Å². The van der Waals surface area contributed by atoms with Crippen molar-refractivity contribution >= 4 is 17.5 Å². The lowest BCUT2D eigenvalue weighted by Crippen LogP contribution is -2.27. The molecule has 124 valence electrons. The van der Waals surface area contributed by atoms with Crippen LogP contribution in [-0.4, -0.2) is 18.4 Å². The van der Waals surface area contributed by atoms with Crippen molar-refractivity contribution in [3.05, 3.63) is 65.2 Å². The summed E-state index contributed by atoms with van der Waals surface area (Å²) < 4.78 is 0. The minimum absolute atomic E-state index is 0.0739. The number of aryl methyl sites for hydroxylation is 1. The van der Waals surface area contributed by atoms with Crippen molar-refractivity contribution in [3.8, 4) is 0 Å². The summed E-state index contributed by atoms with van der Waals surface area (Å²) in [6.07, 6.45) is 1.46. The highest BCUT2D eigenvalue weighted by atomic mass is 16.2. The number of nitrogens with one attached hydrogen (secondary N) is 1. The van der Waals surface area contributed by atoms with Gasteiger partial charge in [0, 0.05) is 24.2 Å². The van der Waals surface area contributed by atoms with Gasteiger partial charge in [-0.15, -0.1) is 0 Å². The zero-order valence-corrected chi connectivity index (χ0v) is 14.1. The Hall–Kier alpha value is -2.62. The number of benzene rings is 2. The summed E-state index contributed by atoms with van der Waals surface area (Å²) >= 11 is 0. The van der Waals surface area contributed by atoms with Crippen molar-refractivity contribution < 1.29 is 9.59 Å². The molecule has 2 amide bonds.